The zero-order valence-corrected chi connectivity index (χ0v) is 13.3. The maximum absolute atomic E-state index is 12.3. The first kappa shape index (κ1) is 16.4. The van der Waals surface area contributed by atoms with Crippen LogP contribution in [0.4, 0.5) is 0 Å². The summed E-state index contributed by atoms with van der Waals surface area (Å²) in [7, 11) is -3.44. The molecule has 0 aromatic heterocycles. The number of aliphatic hydroxyl groups excluding tert-OH is 1. The van der Waals surface area contributed by atoms with Gasteiger partial charge in [-0.1, -0.05) is 31.2 Å². The molecule has 0 saturated carbocycles. The lowest BCUT2D eigenvalue weighted by Gasteiger charge is -2.30. The molecule has 1 saturated heterocycles. The predicted molar refractivity (Wildman–Crippen MR) is 83.0 cm³/mol. The number of aliphatic hydroxyl groups is 1. The number of piperidine rings is 1. The molecule has 1 aromatic rings. The first-order chi connectivity index (χ1) is 10.1. The Labute approximate surface area is 127 Å². The second-order valence-electron chi connectivity index (χ2n) is 5.47. The largest absolute Gasteiger partial charge is 0.396 e. The summed E-state index contributed by atoms with van der Waals surface area (Å²) in [5.41, 5.74) is 2.19. The van der Waals surface area contributed by atoms with Crippen molar-refractivity contribution in [2.45, 2.75) is 32.7 Å². The minimum Gasteiger partial charge on any atom is -0.396 e. The molecule has 21 heavy (non-hydrogen) atoms. The number of rotatable bonds is 6. The van der Waals surface area contributed by atoms with E-state index in [1.165, 1.54) is 9.87 Å². The van der Waals surface area contributed by atoms with Gasteiger partial charge in [0.15, 0.2) is 0 Å². The summed E-state index contributed by atoms with van der Waals surface area (Å²) in [6.45, 7) is 3.50. The van der Waals surface area contributed by atoms with Crippen molar-refractivity contribution in [2.75, 3.05) is 19.7 Å². The molecular weight excluding hydrogens is 288 g/mol. The van der Waals surface area contributed by atoms with Gasteiger partial charge in [0.25, 0.3) is 10.2 Å². The molecule has 118 valence electrons. The van der Waals surface area contributed by atoms with Crippen molar-refractivity contribution in [1.29, 1.82) is 0 Å². The molecular formula is C15H24N2O3S. The van der Waals surface area contributed by atoms with Gasteiger partial charge in [-0.3, -0.25) is 0 Å². The van der Waals surface area contributed by atoms with Crippen LogP contribution in [-0.2, 0) is 23.2 Å². The molecule has 2 rings (SSSR count). The van der Waals surface area contributed by atoms with Gasteiger partial charge in [-0.25, -0.2) is 0 Å². The molecule has 0 radical (unpaired) electrons. The molecule has 0 unspecified atom stereocenters. The highest BCUT2D eigenvalue weighted by molar-refractivity contribution is 7.87. The van der Waals surface area contributed by atoms with Crippen LogP contribution < -0.4 is 4.72 Å². The van der Waals surface area contributed by atoms with Crippen molar-refractivity contribution in [1.82, 2.24) is 9.03 Å². The van der Waals surface area contributed by atoms with Crippen molar-refractivity contribution in [3.05, 3.63) is 35.4 Å². The van der Waals surface area contributed by atoms with E-state index in [9.17, 15) is 8.42 Å². The van der Waals surface area contributed by atoms with Crippen LogP contribution in [0.3, 0.4) is 0 Å². The summed E-state index contributed by atoms with van der Waals surface area (Å²) in [4.78, 5) is 0. The standard InChI is InChI=1S/C15H24N2O3S/c1-2-14-5-3-4-6-15(14)11-16-21(19,20)17-9-7-13(12-18)8-10-17/h3-6,13,16,18H,2,7-12H2,1H3. The normalized spacial score (nSPS) is 18.0. The Bertz CT molecular complexity index is 552. The Kier molecular flexibility index (Phi) is 5.75. The lowest BCUT2D eigenvalue weighted by atomic mass is 10.00. The van der Waals surface area contributed by atoms with Crippen LogP contribution in [-0.4, -0.2) is 37.5 Å². The van der Waals surface area contributed by atoms with Crippen LogP contribution >= 0.6 is 0 Å². The minimum absolute atomic E-state index is 0.144. The van der Waals surface area contributed by atoms with E-state index < -0.39 is 10.2 Å². The van der Waals surface area contributed by atoms with Crippen LogP contribution in [0.2, 0.25) is 0 Å². The van der Waals surface area contributed by atoms with E-state index in [2.05, 4.69) is 11.6 Å². The topological polar surface area (TPSA) is 69.6 Å². The van der Waals surface area contributed by atoms with Crippen LogP contribution in [0.25, 0.3) is 0 Å². The van der Waals surface area contributed by atoms with Gasteiger partial charge in [0.05, 0.1) is 0 Å². The van der Waals surface area contributed by atoms with Gasteiger partial charge >= 0.3 is 0 Å². The van der Waals surface area contributed by atoms with E-state index in [1.807, 2.05) is 24.3 Å². The number of nitrogens with one attached hydrogen (secondary N) is 1. The van der Waals surface area contributed by atoms with Crippen molar-refractivity contribution in [3.8, 4) is 0 Å². The molecule has 0 spiro atoms. The van der Waals surface area contributed by atoms with E-state index in [0.29, 0.717) is 19.6 Å². The summed E-state index contributed by atoms with van der Waals surface area (Å²) in [5.74, 6) is 0.234. The Morgan fingerprint density at radius 1 is 1.24 bits per heavy atom. The maximum atomic E-state index is 12.3. The molecule has 0 aliphatic carbocycles. The third-order valence-electron chi connectivity index (χ3n) is 4.12. The average Bonchev–Trinajstić information content (AvgIpc) is 2.53. The van der Waals surface area contributed by atoms with Gasteiger partial charge < -0.3 is 5.11 Å². The van der Waals surface area contributed by atoms with Gasteiger partial charge in [-0.2, -0.15) is 17.4 Å². The van der Waals surface area contributed by atoms with E-state index in [0.717, 1.165) is 24.8 Å². The number of nitrogens with zero attached hydrogens (tertiary/aromatic N) is 1. The highest BCUT2D eigenvalue weighted by atomic mass is 32.2. The molecule has 1 aromatic carbocycles. The molecule has 1 fully saturated rings. The fraction of sp³-hybridized carbons (Fsp3) is 0.600. The SMILES string of the molecule is CCc1ccccc1CNS(=O)(=O)N1CCC(CO)CC1. The van der Waals surface area contributed by atoms with Gasteiger partial charge in [-0.05, 0) is 36.3 Å². The summed E-state index contributed by atoms with van der Waals surface area (Å²) < 4.78 is 28.8. The zero-order valence-electron chi connectivity index (χ0n) is 12.5. The molecule has 1 aliphatic heterocycles. The lowest BCUT2D eigenvalue weighted by Crippen LogP contribution is -2.45. The fourth-order valence-corrected chi connectivity index (χ4v) is 3.88. The quantitative estimate of drug-likeness (QED) is 0.831. The highest BCUT2D eigenvalue weighted by Gasteiger charge is 2.27. The van der Waals surface area contributed by atoms with Crippen LogP contribution in [0.15, 0.2) is 24.3 Å². The summed E-state index contributed by atoms with van der Waals surface area (Å²) in [6, 6.07) is 7.88. The van der Waals surface area contributed by atoms with Crippen molar-refractivity contribution in [3.63, 3.8) is 0 Å². The van der Waals surface area contributed by atoms with Crippen LogP contribution in [0.5, 0.6) is 0 Å². The zero-order chi connectivity index (χ0) is 15.3. The van der Waals surface area contributed by atoms with E-state index in [4.69, 9.17) is 5.11 Å². The van der Waals surface area contributed by atoms with Gasteiger partial charge in [-0.15, -0.1) is 0 Å². The Morgan fingerprint density at radius 3 is 2.43 bits per heavy atom. The molecule has 6 heteroatoms. The van der Waals surface area contributed by atoms with E-state index in [1.54, 1.807) is 0 Å². The summed E-state index contributed by atoms with van der Waals surface area (Å²) >= 11 is 0. The molecule has 0 atom stereocenters. The molecule has 0 bridgehead atoms. The first-order valence-corrected chi connectivity index (χ1v) is 8.93. The van der Waals surface area contributed by atoms with Gasteiger partial charge in [0, 0.05) is 26.2 Å². The Morgan fingerprint density at radius 2 is 1.86 bits per heavy atom. The number of aryl methyl sites for hydroxylation is 1. The second-order valence-corrected chi connectivity index (χ2v) is 7.23. The van der Waals surface area contributed by atoms with E-state index in [-0.39, 0.29) is 12.5 Å². The number of hydrogen-bond donors (Lipinski definition) is 2. The van der Waals surface area contributed by atoms with Gasteiger partial charge in [0.2, 0.25) is 0 Å². The molecule has 2 N–H and O–H groups in total. The summed E-state index contributed by atoms with van der Waals surface area (Å²) in [6.07, 6.45) is 2.34. The Balaban J connectivity index is 1.95. The fourth-order valence-electron chi connectivity index (χ4n) is 2.67. The second kappa shape index (κ2) is 7.35. The lowest BCUT2D eigenvalue weighted by molar-refractivity contribution is 0.169. The van der Waals surface area contributed by atoms with Crippen molar-refractivity contribution >= 4 is 10.2 Å². The monoisotopic (exact) mass is 312 g/mol. The van der Waals surface area contributed by atoms with Crippen molar-refractivity contribution < 1.29 is 13.5 Å². The number of benzene rings is 1. The third-order valence-corrected chi connectivity index (χ3v) is 5.67. The highest BCUT2D eigenvalue weighted by Crippen LogP contribution is 2.18. The predicted octanol–water partition coefficient (Wildman–Crippen LogP) is 1.29. The van der Waals surface area contributed by atoms with E-state index >= 15 is 0 Å². The summed E-state index contributed by atoms with van der Waals surface area (Å²) in [5, 5.41) is 9.11. The maximum Gasteiger partial charge on any atom is 0.279 e. The van der Waals surface area contributed by atoms with Crippen LogP contribution in [0.1, 0.15) is 30.9 Å². The molecule has 0 amide bonds. The third kappa shape index (κ3) is 4.26. The molecule has 5 nitrogen and oxygen atoms in total. The average molecular weight is 312 g/mol. The Hall–Kier alpha value is -0.950. The molecule has 1 aliphatic rings. The van der Waals surface area contributed by atoms with Crippen LogP contribution in [0, 0.1) is 5.92 Å². The van der Waals surface area contributed by atoms with Crippen molar-refractivity contribution in [2.24, 2.45) is 5.92 Å². The minimum atomic E-state index is -3.44. The first-order valence-electron chi connectivity index (χ1n) is 7.49. The number of hydrogen-bond acceptors (Lipinski definition) is 3. The smallest absolute Gasteiger partial charge is 0.279 e. The van der Waals surface area contributed by atoms with Gasteiger partial charge in [0.1, 0.15) is 0 Å². The molecule has 1 heterocycles.